The van der Waals surface area contributed by atoms with E-state index in [9.17, 15) is 0 Å². The van der Waals surface area contributed by atoms with Crippen molar-refractivity contribution >= 4 is 31.9 Å². The predicted molar refractivity (Wildman–Crippen MR) is 90.2 cm³/mol. The SMILES string of the molecule is CCNC(c1cc(Br)c(C)cc1Br)c1ccoc1CC. The lowest BCUT2D eigenvalue weighted by atomic mass is 9.97. The molecule has 0 saturated heterocycles. The molecule has 2 rings (SSSR count). The van der Waals surface area contributed by atoms with Crippen LogP contribution >= 0.6 is 31.9 Å². The van der Waals surface area contributed by atoms with Crippen molar-refractivity contribution in [2.75, 3.05) is 6.54 Å². The fraction of sp³-hybridized carbons (Fsp3) is 0.375. The lowest BCUT2D eigenvalue weighted by molar-refractivity contribution is 0.502. The third kappa shape index (κ3) is 3.18. The minimum atomic E-state index is 0.139. The number of aryl methyl sites for hydroxylation is 2. The van der Waals surface area contributed by atoms with Crippen molar-refractivity contribution < 1.29 is 4.42 Å². The van der Waals surface area contributed by atoms with Gasteiger partial charge in [0.15, 0.2) is 0 Å². The first-order valence-electron chi connectivity index (χ1n) is 6.83. The molecular formula is C16H19Br2NO. The van der Waals surface area contributed by atoms with Gasteiger partial charge in [-0.05, 0) is 42.8 Å². The molecule has 20 heavy (non-hydrogen) atoms. The Labute approximate surface area is 137 Å². The number of hydrogen-bond acceptors (Lipinski definition) is 2. The molecule has 1 atom stereocenters. The highest BCUT2D eigenvalue weighted by Crippen LogP contribution is 2.34. The van der Waals surface area contributed by atoms with E-state index in [-0.39, 0.29) is 6.04 Å². The average Bonchev–Trinajstić information content (AvgIpc) is 2.88. The summed E-state index contributed by atoms with van der Waals surface area (Å²) in [4.78, 5) is 0. The van der Waals surface area contributed by atoms with Crippen LogP contribution in [0.25, 0.3) is 0 Å². The van der Waals surface area contributed by atoms with E-state index in [1.54, 1.807) is 6.26 Å². The van der Waals surface area contributed by atoms with Crippen LogP contribution in [0.4, 0.5) is 0 Å². The summed E-state index contributed by atoms with van der Waals surface area (Å²) in [6.07, 6.45) is 2.67. The van der Waals surface area contributed by atoms with E-state index in [0.29, 0.717) is 0 Å². The Bertz CT molecular complexity index is 592. The molecule has 1 aromatic carbocycles. The zero-order valence-electron chi connectivity index (χ0n) is 12.0. The average molecular weight is 401 g/mol. The molecule has 0 spiro atoms. The summed E-state index contributed by atoms with van der Waals surface area (Å²) in [6, 6.07) is 6.53. The highest BCUT2D eigenvalue weighted by Gasteiger charge is 2.21. The van der Waals surface area contributed by atoms with E-state index in [1.165, 1.54) is 16.7 Å². The summed E-state index contributed by atoms with van der Waals surface area (Å²) in [5, 5.41) is 3.55. The van der Waals surface area contributed by atoms with Crippen LogP contribution in [0.3, 0.4) is 0 Å². The third-order valence-electron chi connectivity index (χ3n) is 3.41. The largest absolute Gasteiger partial charge is 0.469 e. The first-order chi connectivity index (χ1) is 9.58. The maximum atomic E-state index is 5.59. The summed E-state index contributed by atoms with van der Waals surface area (Å²) in [6.45, 7) is 7.23. The number of hydrogen-bond donors (Lipinski definition) is 1. The first kappa shape index (κ1) is 15.8. The Balaban J connectivity index is 2.51. The summed E-state index contributed by atoms with van der Waals surface area (Å²) >= 11 is 7.32. The molecule has 1 unspecified atom stereocenters. The smallest absolute Gasteiger partial charge is 0.108 e. The molecular weight excluding hydrogens is 382 g/mol. The maximum absolute atomic E-state index is 5.59. The van der Waals surface area contributed by atoms with Crippen molar-refractivity contribution in [3.8, 4) is 0 Å². The van der Waals surface area contributed by atoms with E-state index in [2.05, 4.69) is 76.1 Å². The van der Waals surface area contributed by atoms with Gasteiger partial charge in [-0.1, -0.05) is 45.7 Å². The van der Waals surface area contributed by atoms with Gasteiger partial charge in [0.05, 0.1) is 12.3 Å². The van der Waals surface area contributed by atoms with Gasteiger partial charge in [0.1, 0.15) is 5.76 Å². The monoisotopic (exact) mass is 399 g/mol. The predicted octanol–water partition coefficient (Wildman–Crippen LogP) is 5.37. The van der Waals surface area contributed by atoms with Crippen LogP contribution in [0, 0.1) is 6.92 Å². The van der Waals surface area contributed by atoms with Crippen molar-refractivity contribution in [2.45, 2.75) is 33.2 Å². The molecule has 0 bridgehead atoms. The van der Waals surface area contributed by atoms with Gasteiger partial charge in [-0.25, -0.2) is 0 Å². The van der Waals surface area contributed by atoms with Crippen molar-refractivity contribution in [3.05, 3.63) is 55.9 Å². The normalized spacial score (nSPS) is 12.7. The van der Waals surface area contributed by atoms with E-state index in [4.69, 9.17) is 4.42 Å². The Hall–Kier alpha value is -0.580. The van der Waals surface area contributed by atoms with Crippen LogP contribution in [0.15, 0.2) is 37.8 Å². The Kier molecular flexibility index (Phi) is 5.47. The molecule has 0 saturated carbocycles. The quantitative estimate of drug-likeness (QED) is 0.729. The zero-order chi connectivity index (χ0) is 14.7. The van der Waals surface area contributed by atoms with Crippen molar-refractivity contribution in [1.82, 2.24) is 5.32 Å². The lowest BCUT2D eigenvalue weighted by Crippen LogP contribution is -2.23. The number of furan rings is 1. The third-order valence-corrected chi connectivity index (χ3v) is 4.95. The van der Waals surface area contributed by atoms with Crippen LogP contribution in [0.1, 0.15) is 42.3 Å². The molecule has 0 aliphatic rings. The molecule has 1 aromatic heterocycles. The Morgan fingerprint density at radius 2 is 1.90 bits per heavy atom. The molecule has 2 aromatic rings. The van der Waals surface area contributed by atoms with E-state index < -0.39 is 0 Å². The van der Waals surface area contributed by atoms with E-state index in [0.717, 1.165) is 27.7 Å². The van der Waals surface area contributed by atoms with Crippen molar-refractivity contribution in [1.29, 1.82) is 0 Å². The second-order valence-electron chi connectivity index (χ2n) is 4.77. The lowest BCUT2D eigenvalue weighted by Gasteiger charge is -2.21. The van der Waals surface area contributed by atoms with Crippen LogP contribution in [0.5, 0.6) is 0 Å². The van der Waals surface area contributed by atoms with Gasteiger partial charge < -0.3 is 9.73 Å². The first-order valence-corrected chi connectivity index (χ1v) is 8.42. The fourth-order valence-corrected chi connectivity index (χ4v) is 3.42. The van der Waals surface area contributed by atoms with Gasteiger partial charge in [0.25, 0.3) is 0 Å². The van der Waals surface area contributed by atoms with E-state index in [1.807, 2.05) is 0 Å². The number of halogens is 2. The Morgan fingerprint density at radius 3 is 2.55 bits per heavy atom. The Morgan fingerprint density at radius 1 is 1.15 bits per heavy atom. The van der Waals surface area contributed by atoms with Gasteiger partial charge in [-0.2, -0.15) is 0 Å². The second kappa shape index (κ2) is 6.92. The second-order valence-corrected chi connectivity index (χ2v) is 6.47. The molecule has 108 valence electrons. The van der Waals surface area contributed by atoms with Crippen LogP contribution < -0.4 is 5.32 Å². The van der Waals surface area contributed by atoms with Gasteiger partial charge in [0.2, 0.25) is 0 Å². The topological polar surface area (TPSA) is 25.2 Å². The molecule has 0 aliphatic carbocycles. The number of nitrogens with one attached hydrogen (secondary N) is 1. The summed E-state index contributed by atoms with van der Waals surface area (Å²) in [5.74, 6) is 1.04. The molecule has 1 heterocycles. The molecule has 0 aliphatic heterocycles. The standard InChI is InChI=1S/C16H19Br2NO/c1-4-15-11(6-7-20-15)16(19-5-2)12-9-13(17)10(3)8-14(12)18/h6-9,16,19H,4-5H2,1-3H3. The van der Waals surface area contributed by atoms with Gasteiger partial charge in [0, 0.05) is 20.9 Å². The molecule has 1 N–H and O–H groups in total. The van der Waals surface area contributed by atoms with Crippen molar-refractivity contribution in [3.63, 3.8) is 0 Å². The van der Waals surface area contributed by atoms with Crippen LogP contribution in [-0.2, 0) is 6.42 Å². The van der Waals surface area contributed by atoms with Crippen LogP contribution in [0.2, 0.25) is 0 Å². The minimum Gasteiger partial charge on any atom is -0.469 e. The molecule has 0 fully saturated rings. The summed E-state index contributed by atoms with van der Waals surface area (Å²) in [5.41, 5.74) is 3.66. The summed E-state index contributed by atoms with van der Waals surface area (Å²) in [7, 11) is 0. The zero-order valence-corrected chi connectivity index (χ0v) is 15.1. The molecule has 0 amide bonds. The van der Waals surface area contributed by atoms with Gasteiger partial charge >= 0.3 is 0 Å². The number of benzene rings is 1. The maximum Gasteiger partial charge on any atom is 0.108 e. The molecule has 4 heteroatoms. The molecule has 0 radical (unpaired) electrons. The van der Waals surface area contributed by atoms with Crippen LogP contribution in [-0.4, -0.2) is 6.54 Å². The minimum absolute atomic E-state index is 0.139. The van der Waals surface area contributed by atoms with Gasteiger partial charge in [-0.3, -0.25) is 0 Å². The van der Waals surface area contributed by atoms with E-state index >= 15 is 0 Å². The number of rotatable bonds is 5. The van der Waals surface area contributed by atoms with Gasteiger partial charge in [-0.15, -0.1) is 0 Å². The summed E-state index contributed by atoms with van der Waals surface area (Å²) < 4.78 is 7.83. The highest BCUT2D eigenvalue weighted by atomic mass is 79.9. The highest BCUT2D eigenvalue weighted by molar-refractivity contribution is 9.11. The fourth-order valence-electron chi connectivity index (χ4n) is 2.37. The molecule has 2 nitrogen and oxygen atoms in total. The van der Waals surface area contributed by atoms with Crippen molar-refractivity contribution in [2.24, 2.45) is 0 Å².